The summed E-state index contributed by atoms with van der Waals surface area (Å²) in [5.74, 6) is -0.0339. The molecule has 1 aliphatic heterocycles. The molecular formula is C25H39NO4Si2. The van der Waals surface area contributed by atoms with Gasteiger partial charge in [-0.25, -0.2) is 5.06 Å². The highest BCUT2D eigenvalue weighted by atomic mass is 28.4. The Hall–Kier alpha value is -1.52. The van der Waals surface area contributed by atoms with Crippen molar-refractivity contribution in [1.82, 2.24) is 5.06 Å². The van der Waals surface area contributed by atoms with Gasteiger partial charge in [0.15, 0.2) is 16.6 Å². The van der Waals surface area contributed by atoms with Crippen molar-refractivity contribution < 1.29 is 18.5 Å². The van der Waals surface area contributed by atoms with Crippen LogP contribution in [0.4, 0.5) is 0 Å². The number of carbonyl (C=O) groups excluding carboxylic acids is 1. The normalized spacial score (nSPS) is 26.6. The van der Waals surface area contributed by atoms with Gasteiger partial charge in [0, 0.05) is 0 Å². The Kier molecular flexibility index (Phi) is 6.82. The van der Waals surface area contributed by atoms with E-state index in [0.29, 0.717) is 13.0 Å². The molecule has 1 aromatic rings. The molecule has 1 aromatic carbocycles. The molecule has 5 nitrogen and oxygen atoms in total. The Labute approximate surface area is 195 Å². The fourth-order valence-electron chi connectivity index (χ4n) is 3.85. The quantitative estimate of drug-likeness (QED) is 0.369. The van der Waals surface area contributed by atoms with Gasteiger partial charge in [-0.1, -0.05) is 69.8 Å². The van der Waals surface area contributed by atoms with Gasteiger partial charge in [0.2, 0.25) is 5.91 Å². The first-order chi connectivity index (χ1) is 14.7. The van der Waals surface area contributed by atoms with Crippen LogP contribution in [0.2, 0.25) is 37.8 Å². The molecule has 0 N–H and O–H groups in total. The predicted octanol–water partition coefficient (Wildman–Crippen LogP) is 5.83. The molecule has 2 aliphatic rings. The van der Waals surface area contributed by atoms with E-state index >= 15 is 0 Å². The van der Waals surface area contributed by atoms with Crippen LogP contribution in [0.3, 0.4) is 0 Å². The van der Waals surface area contributed by atoms with E-state index in [2.05, 4.69) is 60.1 Å². The lowest BCUT2D eigenvalue weighted by Gasteiger charge is -2.57. The summed E-state index contributed by atoms with van der Waals surface area (Å²) in [4.78, 5) is 18.8. The van der Waals surface area contributed by atoms with E-state index in [-0.39, 0.29) is 23.2 Å². The molecule has 3 atom stereocenters. The van der Waals surface area contributed by atoms with E-state index in [1.54, 1.807) is 0 Å². The van der Waals surface area contributed by atoms with E-state index in [4.69, 9.17) is 13.7 Å². The van der Waals surface area contributed by atoms with Crippen LogP contribution < -0.4 is 0 Å². The van der Waals surface area contributed by atoms with Crippen LogP contribution in [0.5, 0.6) is 0 Å². The highest BCUT2D eigenvalue weighted by Gasteiger charge is 2.62. The molecule has 7 heteroatoms. The van der Waals surface area contributed by atoms with Crippen molar-refractivity contribution in [3.63, 3.8) is 0 Å². The fraction of sp³-hybridized carbons (Fsp3) is 0.560. The minimum absolute atomic E-state index is 0.0339. The summed E-state index contributed by atoms with van der Waals surface area (Å²) in [6, 6.07) is 9.90. The van der Waals surface area contributed by atoms with E-state index in [0.717, 1.165) is 11.1 Å². The molecule has 1 saturated heterocycles. The number of hydrogen-bond acceptors (Lipinski definition) is 4. The number of hydroxylamine groups is 2. The average Bonchev–Trinajstić information content (AvgIpc) is 2.65. The fourth-order valence-corrected chi connectivity index (χ4v) is 6.20. The van der Waals surface area contributed by atoms with Crippen molar-refractivity contribution in [1.29, 1.82) is 0 Å². The average molecular weight is 474 g/mol. The van der Waals surface area contributed by atoms with Gasteiger partial charge in [0.05, 0.1) is 12.5 Å². The first-order valence-corrected chi connectivity index (χ1v) is 17.7. The standard InChI is InChI=1S/C25H39NO4Si2/c1-19-15-16-25(17-21(27)26(25)28-18-20-13-11-10-12-14-20)23(30-31(5,6)7)22(19)29-32(8,9)24(2,3)4/h10-16,22-23H,1,17-18H2,2-9H3/t22-,23-,25+/m1/s1. The van der Waals surface area contributed by atoms with Gasteiger partial charge in [-0.3, -0.25) is 9.63 Å². The number of benzene rings is 1. The first-order valence-electron chi connectivity index (χ1n) is 11.4. The number of amides is 1. The molecule has 1 spiro atoms. The molecule has 32 heavy (non-hydrogen) atoms. The Morgan fingerprint density at radius 3 is 2.25 bits per heavy atom. The van der Waals surface area contributed by atoms with Gasteiger partial charge < -0.3 is 8.85 Å². The third-order valence-corrected chi connectivity index (χ3v) is 12.1. The monoisotopic (exact) mass is 473 g/mol. The maximum absolute atomic E-state index is 12.7. The molecule has 1 fully saturated rings. The van der Waals surface area contributed by atoms with E-state index in [9.17, 15) is 4.79 Å². The van der Waals surface area contributed by atoms with E-state index in [1.807, 2.05) is 42.5 Å². The van der Waals surface area contributed by atoms with Crippen molar-refractivity contribution in [2.45, 2.75) is 89.3 Å². The third-order valence-electron chi connectivity index (χ3n) is 6.67. The van der Waals surface area contributed by atoms with Gasteiger partial charge in [-0.05, 0) is 48.9 Å². The summed E-state index contributed by atoms with van der Waals surface area (Å²) in [5, 5.41) is 1.57. The van der Waals surface area contributed by atoms with Crippen LogP contribution in [0.1, 0.15) is 32.8 Å². The smallest absolute Gasteiger partial charge is 0.249 e. The van der Waals surface area contributed by atoms with Crippen molar-refractivity contribution >= 4 is 22.5 Å². The van der Waals surface area contributed by atoms with Crippen LogP contribution >= 0.6 is 0 Å². The summed E-state index contributed by atoms with van der Waals surface area (Å²) in [7, 11) is -4.10. The molecule has 0 unspecified atom stereocenters. The first kappa shape index (κ1) is 25.1. The summed E-state index contributed by atoms with van der Waals surface area (Å²) >= 11 is 0. The number of rotatable bonds is 7. The molecule has 0 bridgehead atoms. The largest absolute Gasteiger partial charge is 0.409 e. The SMILES string of the molecule is C=C1C=C[C@]2(CC(=O)N2OCc2ccccc2)[C@H](O[Si](C)(C)C)[C@@H]1O[Si](C)(C)C(C)(C)C. The molecule has 1 amide bonds. The number of β-lactam (4-membered cyclic amide) rings is 1. The Bertz CT molecular complexity index is 885. The van der Waals surface area contributed by atoms with Crippen molar-refractivity contribution in [3.8, 4) is 0 Å². The molecule has 3 rings (SSSR count). The predicted molar refractivity (Wildman–Crippen MR) is 134 cm³/mol. The summed E-state index contributed by atoms with van der Waals surface area (Å²) in [6.45, 7) is 22.3. The van der Waals surface area contributed by atoms with E-state index < -0.39 is 22.2 Å². The van der Waals surface area contributed by atoms with Crippen LogP contribution in [-0.4, -0.2) is 45.4 Å². The zero-order valence-corrected chi connectivity index (χ0v) is 22.9. The van der Waals surface area contributed by atoms with Gasteiger partial charge in [-0.2, -0.15) is 0 Å². The highest BCUT2D eigenvalue weighted by molar-refractivity contribution is 6.74. The molecule has 176 valence electrons. The number of carbonyl (C=O) groups is 1. The highest BCUT2D eigenvalue weighted by Crippen LogP contribution is 2.47. The van der Waals surface area contributed by atoms with Crippen molar-refractivity contribution in [2.24, 2.45) is 0 Å². The lowest BCUT2D eigenvalue weighted by Crippen LogP contribution is -2.73. The summed E-state index contributed by atoms with van der Waals surface area (Å²) in [6.07, 6.45) is 3.71. The lowest BCUT2D eigenvalue weighted by molar-refractivity contribution is -0.272. The van der Waals surface area contributed by atoms with Crippen LogP contribution in [-0.2, 0) is 25.1 Å². The van der Waals surface area contributed by atoms with Gasteiger partial charge in [0.1, 0.15) is 18.2 Å². The maximum atomic E-state index is 12.7. The minimum atomic E-state index is -2.12. The zero-order chi connectivity index (χ0) is 23.9. The Balaban J connectivity index is 1.94. The van der Waals surface area contributed by atoms with Crippen molar-refractivity contribution in [2.75, 3.05) is 0 Å². The lowest BCUT2D eigenvalue weighted by atomic mass is 9.73. The maximum Gasteiger partial charge on any atom is 0.249 e. The molecular weight excluding hydrogens is 434 g/mol. The molecule has 0 aromatic heterocycles. The molecule has 0 saturated carbocycles. The molecule has 1 aliphatic carbocycles. The van der Waals surface area contributed by atoms with Crippen molar-refractivity contribution in [3.05, 3.63) is 60.2 Å². The van der Waals surface area contributed by atoms with Gasteiger partial charge >= 0.3 is 0 Å². The number of hydrogen-bond donors (Lipinski definition) is 0. The topological polar surface area (TPSA) is 48.0 Å². The summed E-state index contributed by atoms with van der Waals surface area (Å²) < 4.78 is 13.6. The summed E-state index contributed by atoms with van der Waals surface area (Å²) in [5.41, 5.74) is 1.23. The third kappa shape index (κ3) is 5.02. The second-order valence-electron chi connectivity index (χ2n) is 11.5. The number of nitrogens with zero attached hydrogens (tertiary/aromatic N) is 1. The van der Waals surface area contributed by atoms with Gasteiger partial charge in [0.25, 0.3) is 0 Å². The van der Waals surface area contributed by atoms with Crippen LogP contribution in [0, 0.1) is 0 Å². The second-order valence-corrected chi connectivity index (χ2v) is 20.7. The second kappa shape index (κ2) is 8.68. The van der Waals surface area contributed by atoms with Crippen LogP contribution in [0.15, 0.2) is 54.6 Å². The zero-order valence-electron chi connectivity index (χ0n) is 20.9. The molecule has 1 heterocycles. The van der Waals surface area contributed by atoms with Gasteiger partial charge in [-0.15, -0.1) is 0 Å². The molecule has 0 radical (unpaired) electrons. The Morgan fingerprint density at radius 2 is 1.72 bits per heavy atom. The van der Waals surface area contributed by atoms with E-state index in [1.165, 1.54) is 5.06 Å². The Morgan fingerprint density at radius 1 is 1.09 bits per heavy atom. The van der Waals surface area contributed by atoms with Crippen LogP contribution in [0.25, 0.3) is 0 Å². The minimum Gasteiger partial charge on any atom is -0.409 e.